The SMILES string of the molecule is CC1(C)CCCN(CCC=O)CC1. The van der Waals surface area contributed by atoms with Gasteiger partial charge in [0, 0.05) is 13.0 Å². The summed E-state index contributed by atoms with van der Waals surface area (Å²) < 4.78 is 0. The highest BCUT2D eigenvalue weighted by atomic mass is 16.1. The molecule has 2 heteroatoms. The van der Waals surface area contributed by atoms with Crippen molar-refractivity contribution in [1.82, 2.24) is 4.90 Å². The normalized spacial score (nSPS) is 23.8. The number of aldehydes is 1. The summed E-state index contributed by atoms with van der Waals surface area (Å²) in [6.07, 6.45) is 5.60. The van der Waals surface area contributed by atoms with E-state index in [4.69, 9.17) is 0 Å². The van der Waals surface area contributed by atoms with E-state index in [0.717, 1.165) is 12.8 Å². The van der Waals surface area contributed by atoms with Crippen molar-refractivity contribution in [2.45, 2.75) is 39.5 Å². The van der Waals surface area contributed by atoms with Crippen LogP contribution in [0.2, 0.25) is 0 Å². The van der Waals surface area contributed by atoms with E-state index in [1.165, 1.54) is 32.4 Å². The zero-order valence-corrected chi connectivity index (χ0v) is 8.88. The minimum absolute atomic E-state index is 0.510. The molecule has 76 valence electrons. The quantitative estimate of drug-likeness (QED) is 0.624. The molecule has 2 nitrogen and oxygen atoms in total. The van der Waals surface area contributed by atoms with Gasteiger partial charge in [0.15, 0.2) is 0 Å². The number of likely N-dealkylation sites (tertiary alicyclic amines) is 1. The minimum atomic E-state index is 0.510. The minimum Gasteiger partial charge on any atom is -0.303 e. The number of rotatable bonds is 3. The Balaban J connectivity index is 2.31. The number of hydrogen-bond donors (Lipinski definition) is 0. The van der Waals surface area contributed by atoms with E-state index in [2.05, 4.69) is 18.7 Å². The zero-order chi connectivity index (χ0) is 9.73. The zero-order valence-electron chi connectivity index (χ0n) is 8.88. The lowest BCUT2D eigenvalue weighted by Crippen LogP contribution is -2.26. The molecule has 1 aliphatic heterocycles. The molecule has 0 bridgehead atoms. The average Bonchev–Trinajstić information content (AvgIpc) is 2.23. The monoisotopic (exact) mass is 183 g/mol. The van der Waals surface area contributed by atoms with Crippen molar-refractivity contribution in [3.8, 4) is 0 Å². The number of hydrogen-bond acceptors (Lipinski definition) is 2. The Morgan fingerprint density at radius 2 is 2.08 bits per heavy atom. The highest BCUT2D eigenvalue weighted by Crippen LogP contribution is 2.29. The summed E-state index contributed by atoms with van der Waals surface area (Å²) in [5.41, 5.74) is 0.510. The highest BCUT2D eigenvalue weighted by molar-refractivity contribution is 5.49. The molecule has 1 saturated heterocycles. The molecule has 1 heterocycles. The number of carbonyl (C=O) groups excluding carboxylic acids is 1. The van der Waals surface area contributed by atoms with E-state index in [9.17, 15) is 4.79 Å². The van der Waals surface area contributed by atoms with Gasteiger partial charge in [0.25, 0.3) is 0 Å². The molecule has 0 aliphatic carbocycles. The topological polar surface area (TPSA) is 20.3 Å². The molecule has 13 heavy (non-hydrogen) atoms. The Kier molecular flexibility index (Phi) is 3.91. The molecule has 1 aliphatic rings. The molecule has 0 atom stereocenters. The summed E-state index contributed by atoms with van der Waals surface area (Å²) >= 11 is 0. The Morgan fingerprint density at radius 3 is 2.77 bits per heavy atom. The van der Waals surface area contributed by atoms with Gasteiger partial charge in [-0.05, 0) is 37.8 Å². The first-order valence-corrected chi connectivity index (χ1v) is 5.30. The van der Waals surface area contributed by atoms with Crippen molar-refractivity contribution in [2.24, 2.45) is 5.41 Å². The molecule has 1 fully saturated rings. The van der Waals surface area contributed by atoms with Crippen LogP contribution in [0.1, 0.15) is 39.5 Å². The van der Waals surface area contributed by atoms with Crippen molar-refractivity contribution in [2.75, 3.05) is 19.6 Å². The van der Waals surface area contributed by atoms with Crippen LogP contribution in [0.25, 0.3) is 0 Å². The second-order valence-corrected chi connectivity index (χ2v) is 4.81. The fourth-order valence-corrected chi connectivity index (χ4v) is 1.94. The van der Waals surface area contributed by atoms with Crippen molar-refractivity contribution >= 4 is 6.29 Å². The maximum absolute atomic E-state index is 10.2. The largest absolute Gasteiger partial charge is 0.303 e. The molecule has 1 rings (SSSR count). The second kappa shape index (κ2) is 4.75. The van der Waals surface area contributed by atoms with Crippen LogP contribution in [0.5, 0.6) is 0 Å². The fourth-order valence-electron chi connectivity index (χ4n) is 1.94. The maximum atomic E-state index is 10.2. The van der Waals surface area contributed by atoms with Crippen LogP contribution in [0.4, 0.5) is 0 Å². The number of carbonyl (C=O) groups is 1. The average molecular weight is 183 g/mol. The first-order valence-electron chi connectivity index (χ1n) is 5.30. The number of nitrogens with zero attached hydrogens (tertiary/aromatic N) is 1. The highest BCUT2D eigenvalue weighted by Gasteiger charge is 2.22. The van der Waals surface area contributed by atoms with Crippen LogP contribution < -0.4 is 0 Å². The van der Waals surface area contributed by atoms with Crippen LogP contribution in [-0.4, -0.2) is 30.8 Å². The molecular weight excluding hydrogens is 162 g/mol. The summed E-state index contributed by atoms with van der Waals surface area (Å²) in [4.78, 5) is 12.7. The summed E-state index contributed by atoms with van der Waals surface area (Å²) in [7, 11) is 0. The van der Waals surface area contributed by atoms with E-state index < -0.39 is 0 Å². The third-order valence-electron chi connectivity index (χ3n) is 3.00. The van der Waals surface area contributed by atoms with Gasteiger partial charge in [-0.3, -0.25) is 0 Å². The van der Waals surface area contributed by atoms with Crippen molar-refractivity contribution in [1.29, 1.82) is 0 Å². The van der Waals surface area contributed by atoms with Crippen LogP contribution >= 0.6 is 0 Å². The first kappa shape index (κ1) is 10.7. The van der Waals surface area contributed by atoms with Crippen LogP contribution in [0.15, 0.2) is 0 Å². The molecule has 0 spiro atoms. The third kappa shape index (κ3) is 3.90. The van der Waals surface area contributed by atoms with Crippen molar-refractivity contribution in [3.63, 3.8) is 0 Å². The van der Waals surface area contributed by atoms with E-state index in [0.29, 0.717) is 11.8 Å². The molecule has 0 radical (unpaired) electrons. The van der Waals surface area contributed by atoms with E-state index in [-0.39, 0.29) is 0 Å². The summed E-state index contributed by atoms with van der Waals surface area (Å²) in [5, 5.41) is 0. The van der Waals surface area contributed by atoms with Gasteiger partial charge in [0.1, 0.15) is 6.29 Å². The Bertz CT molecular complexity index is 165. The summed E-state index contributed by atoms with van der Waals surface area (Å²) in [5.74, 6) is 0. The smallest absolute Gasteiger partial charge is 0.121 e. The summed E-state index contributed by atoms with van der Waals surface area (Å²) in [6.45, 7) is 7.99. The molecule has 0 N–H and O–H groups in total. The van der Waals surface area contributed by atoms with E-state index in [1.807, 2.05) is 0 Å². The van der Waals surface area contributed by atoms with Gasteiger partial charge in [-0.1, -0.05) is 13.8 Å². The van der Waals surface area contributed by atoms with Crippen LogP contribution in [0, 0.1) is 5.41 Å². The molecule has 0 saturated carbocycles. The van der Waals surface area contributed by atoms with Gasteiger partial charge in [0.05, 0.1) is 0 Å². The predicted octanol–water partition coefficient (Wildman–Crippen LogP) is 2.09. The van der Waals surface area contributed by atoms with Gasteiger partial charge < -0.3 is 9.69 Å². The lowest BCUT2D eigenvalue weighted by Gasteiger charge is -2.22. The first-order chi connectivity index (χ1) is 6.14. The Hall–Kier alpha value is -0.370. The van der Waals surface area contributed by atoms with Crippen LogP contribution in [0.3, 0.4) is 0 Å². The molecule has 0 aromatic carbocycles. The molecular formula is C11H21NO. The predicted molar refractivity (Wildman–Crippen MR) is 54.8 cm³/mol. The second-order valence-electron chi connectivity index (χ2n) is 4.81. The molecule has 0 amide bonds. The Labute approximate surface area is 81.3 Å². The van der Waals surface area contributed by atoms with E-state index in [1.54, 1.807) is 0 Å². The van der Waals surface area contributed by atoms with Gasteiger partial charge in [0.2, 0.25) is 0 Å². The molecule has 0 aromatic rings. The maximum Gasteiger partial charge on any atom is 0.121 e. The molecule has 0 aromatic heterocycles. The van der Waals surface area contributed by atoms with Crippen LogP contribution in [-0.2, 0) is 4.79 Å². The van der Waals surface area contributed by atoms with Gasteiger partial charge in [-0.15, -0.1) is 0 Å². The van der Waals surface area contributed by atoms with Gasteiger partial charge in [-0.2, -0.15) is 0 Å². The van der Waals surface area contributed by atoms with Gasteiger partial charge >= 0.3 is 0 Å². The fraction of sp³-hybridized carbons (Fsp3) is 0.909. The Morgan fingerprint density at radius 1 is 1.31 bits per heavy atom. The lowest BCUT2D eigenvalue weighted by atomic mass is 9.85. The third-order valence-corrected chi connectivity index (χ3v) is 3.00. The lowest BCUT2D eigenvalue weighted by molar-refractivity contribution is -0.108. The van der Waals surface area contributed by atoms with Crippen molar-refractivity contribution in [3.05, 3.63) is 0 Å². The van der Waals surface area contributed by atoms with Gasteiger partial charge in [-0.25, -0.2) is 0 Å². The standard InChI is InChI=1S/C11H21NO/c1-11(2)5-3-7-12(9-6-11)8-4-10-13/h10H,3-9H2,1-2H3. The summed E-state index contributed by atoms with van der Waals surface area (Å²) in [6, 6.07) is 0. The van der Waals surface area contributed by atoms with E-state index >= 15 is 0 Å². The van der Waals surface area contributed by atoms with Crippen molar-refractivity contribution < 1.29 is 4.79 Å². The molecule has 0 unspecified atom stereocenters.